The van der Waals surface area contributed by atoms with Crippen LogP contribution in [-0.4, -0.2) is 36.1 Å². The minimum atomic E-state index is -0.743. The fourth-order valence-corrected chi connectivity index (χ4v) is 2.06. The van der Waals surface area contributed by atoms with E-state index >= 15 is 0 Å². The lowest BCUT2D eigenvalue weighted by molar-refractivity contribution is -0.137. The maximum atomic E-state index is 11.6. The highest BCUT2D eigenvalue weighted by atomic mass is 16.4. The van der Waals surface area contributed by atoms with Gasteiger partial charge in [0.25, 0.3) is 0 Å². The zero-order valence-electron chi connectivity index (χ0n) is 13.1. The van der Waals surface area contributed by atoms with Gasteiger partial charge in [0.1, 0.15) is 0 Å². The quantitative estimate of drug-likeness (QED) is 0.514. The molecular formula is C15H30N2O3. The van der Waals surface area contributed by atoms with Gasteiger partial charge >= 0.3 is 5.97 Å². The number of hydrogen-bond donors (Lipinski definition) is 3. The van der Waals surface area contributed by atoms with E-state index < -0.39 is 5.97 Å². The van der Waals surface area contributed by atoms with Crippen molar-refractivity contribution in [2.75, 3.05) is 13.1 Å². The van der Waals surface area contributed by atoms with Crippen molar-refractivity contribution in [1.29, 1.82) is 0 Å². The monoisotopic (exact) mass is 286 g/mol. The lowest BCUT2D eigenvalue weighted by atomic mass is 9.94. The van der Waals surface area contributed by atoms with Crippen molar-refractivity contribution in [3.8, 4) is 0 Å². The molecule has 0 saturated carbocycles. The minimum absolute atomic E-state index is 0.0128. The van der Waals surface area contributed by atoms with E-state index in [1.54, 1.807) is 0 Å². The van der Waals surface area contributed by atoms with Crippen molar-refractivity contribution < 1.29 is 14.7 Å². The number of carboxylic acid groups (broad SMARTS) is 1. The Morgan fingerprint density at radius 2 is 1.85 bits per heavy atom. The smallest absolute Gasteiger partial charge is 0.303 e. The Morgan fingerprint density at radius 1 is 1.15 bits per heavy atom. The van der Waals surface area contributed by atoms with Crippen LogP contribution in [0.2, 0.25) is 0 Å². The summed E-state index contributed by atoms with van der Waals surface area (Å²) in [6, 6.07) is 0.351. The first-order valence-corrected chi connectivity index (χ1v) is 7.71. The van der Waals surface area contributed by atoms with Crippen molar-refractivity contribution in [3.63, 3.8) is 0 Å². The molecule has 0 spiro atoms. The number of carbonyl (C=O) groups is 2. The molecule has 1 amide bonds. The molecule has 20 heavy (non-hydrogen) atoms. The standard InChI is InChI=1S/C15H30N2O3/c1-4-6-13(7-8-15(19)20)9-10-16-14(18)11-17-12(3)5-2/h12-13,17H,4-11H2,1-3H3,(H,16,18)(H,19,20). The maximum absolute atomic E-state index is 11.6. The molecule has 0 aliphatic carbocycles. The van der Waals surface area contributed by atoms with Crippen molar-refractivity contribution in [2.24, 2.45) is 5.92 Å². The first-order chi connectivity index (χ1) is 9.49. The highest BCUT2D eigenvalue weighted by Gasteiger charge is 2.11. The summed E-state index contributed by atoms with van der Waals surface area (Å²) in [7, 11) is 0. The summed E-state index contributed by atoms with van der Waals surface area (Å²) >= 11 is 0. The number of aliphatic carboxylic acids is 1. The van der Waals surface area contributed by atoms with Gasteiger partial charge in [-0.25, -0.2) is 0 Å². The SMILES string of the molecule is CCCC(CCNC(=O)CNC(C)CC)CCC(=O)O. The Labute approximate surface area is 122 Å². The number of hydrogen-bond acceptors (Lipinski definition) is 3. The Kier molecular flexibility index (Phi) is 11.1. The molecule has 0 rings (SSSR count). The lowest BCUT2D eigenvalue weighted by Crippen LogP contribution is -2.38. The second kappa shape index (κ2) is 11.7. The summed E-state index contributed by atoms with van der Waals surface area (Å²) in [6.45, 7) is 7.21. The van der Waals surface area contributed by atoms with Gasteiger partial charge in [0.15, 0.2) is 0 Å². The average molecular weight is 286 g/mol. The normalized spacial score (nSPS) is 13.8. The first-order valence-electron chi connectivity index (χ1n) is 7.71. The molecule has 0 heterocycles. The number of nitrogens with one attached hydrogen (secondary N) is 2. The Morgan fingerprint density at radius 3 is 2.40 bits per heavy atom. The van der Waals surface area contributed by atoms with E-state index in [2.05, 4.69) is 31.4 Å². The molecule has 5 heteroatoms. The molecule has 0 aromatic carbocycles. The van der Waals surface area contributed by atoms with Crippen molar-refractivity contribution in [2.45, 2.75) is 65.3 Å². The van der Waals surface area contributed by atoms with Gasteiger partial charge in [-0.15, -0.1) is 0 Å². The van der Waals surface area contributed by atoms with Crippen LogP contribution in [0, 0.1) is 5.92 Å². The van der Waals surface area contributed by atoms with Crippen LogP contribution in [0.1, 0.15) is 59.3 Å². The van der Waals surface area contributed by atoms with Crippen LogP contribution in [0.25, 0.3) is 0 Å². The van der Waals surface area contributed by atoms with Crippen LogP contribution in [0.4, 0.5) is 0 Å². The number of rotatable bonds is 12. The predicted molar refractivity (Wildman–Crippen MR) is 80.7 cm³/mol. The van der Waals surface area contributed by atoms with Crippen LogP contribution >= 0.6 is 0 Å². The van der Waals surface area contributed by atoms with Gasteiger partial charge in [0, 0.05) is 19.0 Å². The molecule has 5 nitrogen and oxygen atoms in total. The van der Waals surface area contributed by atoms with Crippen molar-refractivity contribution in [1.82, 2.24) is 10.6 Å². The molecule has 0 radical (unpaired) electrons. The Hall–Kier alpha value is -1.10. The molecule has 0 aromatic rings. The zero-order valence-corrected chi connectivity index (χ0v) is 13.1. The molecular weight excluding hydrogens is 256 g/mol. The first kappa shape index (κ1) is 18.9. The van der Waals surface area contributed by atoms with Gasteiger partial charge in [0.05, 0.1) is 6.54 Å². The van der Waals surface area contributed by atoms with E-state index in [9.17, 15) is 9.59 Å². The van der Waals surface area contributed by atoms with Crippen molar-refractivity contribution in [3.05, 3.63) is 0 Å². The third-order valence-electron chi connectivity index (χ3n) is 3.56. The Balaban J connectivity index is 3.80. The van der Waals surface area contributed by atoms with Gasteiger partial charge < -0.3 is 15.7 Å². The summed E-state index contributed by atoms with van der Waals surface area (Å²) in [4.78, 5) is 22.2. The molecule has 2 atom stereocenters. The molecule has 0 aromatic heterocycles. The summed E-state index contributed by atoms with van der Waals surface area (Å²) < 4.78 is 0. The molecule has 0 aliphatic rings. The average Bonchev–Trinajstić information content (AvgIpc) is 2.41. The van der Waals surface area contributed by atoms with Crippen LogP contribution in [0.3, 0.4) is 0 Å². The molecule has 3 N–H and O–H groups in total. The van der Waals surface area contributed by atoms with Crippen LogP contribution in [0.5, 0.6) is 0 Å². The molecule has 0 bridgehead atoms. The van der Waals surface area contributed by atoms with Gasteiger partial charge in [-0.05, 0) is 32.1 Å². The van der Waals surface area contributed by atoms with E-state index in [0.717, 1.165) is 25.7 Å². The van der Waals surface area contributed by atoms with Crippen molar-refractivity contribution >= 4 is 11.9 Å². The van der Waals surface area contributed by atoms with E-state index in [1.807, 2.05) is 0 Å². The summed E-state index contributed by atoms with van der Waals surface area (Å²) in [5.41, 5.74) is 0. The minimum Gasteiger partial charge on any atom is -0.481 e. The summed E-state index contributed by atoms with van der Waals surface area (Å²) in [6.07, 6.45) is 4.84. The fourth-order valence-electron chi connectivity index (χ4n) is 2.06. The molecule has 0 saturated heterocycles. The maximum Gasteiger partial charge on any atom is 0.303 e. The van der Waals surface area contributed by atoms with Gasteiger partial charge in [0.2, 0.25) is 5.91 Å². The molecule has 0 aliphatic heterocycles. The van der Waals surface area contributed by atoms with Gasteiger partial charge in [-0.1, -0.05) is 26.7 Å². The number of amides is 1. The van der Waals surface area contributed by atoms with Gasteiger partial charge in [-0.3, -0.25) is 9.59 Å². The topological polar surface area (TPSA) is 78.4 Å². The van der Waals surface area contributed by atoms with E-state index in [1.165, 1.54) is 0 Å². The van der Waals surface area contributed by atoms with Crippen LogP contribution < -0.4 is 10.6 Å². The summed E-state index contributed by atoms with van der Waals surface area (Å²) in [5.74, 6) is -0.342. The third kappa shape index (κ3) is 10.8. The molecule has 0 fully saturated rings. The number of carbonyl (C=O) groups excluding carboxylic acids is 1. The zero-order chi connectivity index (χ0) is 15.4. The third-order valence-corrected chi connectivity index (χ3v) is 3.56. The summed E-state index contributed by atoms with van der Waals surface area (Å²) in [5, 5.41) is 14.7. The van der Waals surface area contributed by atoms with E-state index in [4.69, 9.17) is 5.11 Å². The second-order valence-corrected chi connectivity index (χ2v) is 5.42. The number of carboxylic acids is 1. The highest BCUT2D eigenvalue weighted by molar-refractivity contribution is 5.77. The van der Waals surface area contributed by atoms with Crippen LogP contribution in [-0.2, 0) is 9.59 Å². The van der Waals surface area contributed by atoms with E-state index in [0.29, 0.717) is 31.5 Å². The van der Waals surface area contributed by atoms with Gasteiger partial charge in [-0.2, -0.15) is 0 Å². The van der Waals surface area contributed by atoms with E-state index in [-0.39, 0.29) is 12.3 Å². The fraction of sp³-hybridized carbons (Fsp3) is 0.867. The second-order valence-electron chi connectivity index (χ2n) is 5.42. The Bertz CT molecular complexity index is 282. The molecule has 118 valence electrons. The highest BCUT2D eigenvalue weighted by Crippen LogP contribution is 2.16. The largest absolute Gasteiger partial charge is 0.481 e. The lowest BCUT2D eigenvalue weighted by Gasteiger charge is -2.16. The predicted octanol–water partition coefficient (Wildman–Crippen LogP) is 2.16. The molecule has 2 unspecified atom stereocenters. The van der Waals surface area contributed by atoms with Crippen LogP contribution in [0.15, 0.2) is 0 Å².